The summed E-state index contributed by atoms with van der Waals surface area (Å²) >= 11 is 6.00. The van der Waals surface area contributed by atoms with Crippen LogP contribution >= 0.6 is 11.6 Å². The van der Waals surface area contributed by atoms with Crippen LogP contribution in [0, 0.1) is 0 Å². The summed E-state index contributed by atoms with van der Waals surface area (Å²) in [5.74, 6) is 1.22. The van der Waals surface area contributed by atoms with E-state index < -0.39 is 9.04 Å². The van der Waals surface area contributed by atoms with Gasteiger partial charge in [-0.3, -0.25) is 0 Å². The van der Waals surface area contributed by atoms with Gasteiger partial charge in [-0.1, -0.05) is 37.6 Å². The maximum absolute atomic E-state index is 6.00. The molecule has 0 bridgehead atoms. The highest BCUT2D eigenvalue weighted by Gasteiger charge is 2.20. The molecule has 1 aliphatic heterocycles. The molecule has 1 nitrogen and oxygen atoms in total. The first kappa shape index (κ1) is 13.1. The number of halogens is 1. The third-order valence-electron chi connectivity index (χ3n) is 3.62. The lowest BCUT2D eigenvalue weighted by molar-refractivity contribution is 0.285. The van der Waals surface area contributed by atoms with Crippen molar-refractivity contribution >= 4 is 20.6 Å². The van der Waals surface area contributed by atoms with Crippen molar-refractivity contribution in [2.45, 2.75) is 43.7 Å². The molecule has 0 N–H and O–H groups in total. The maximum Gasteiger partial charge on any atom is 0.177 e. The molecule has 1 heterocycles. The SMILES string of the molecule is CC(C[SiH]1CCCCO1)c1ccccc1CCl. The second-order valence-corrected chi connectivity index (χ2v) is 7.85. The van der Waals surface area contributed by atoms with Crippen molar-refractivity contribution in [1.82, 2.24) is 0 Å². The molecule has 1 aromatic carbocycles. The quantitative estimate of drug-likeness (QED) is 0.591. The molecule has 2 unspecified atom stereocenters. The van der Waals surface area contributed by atoms with Crippen LogP contribution in [0.1, 0.15) is 36.8 Å². The second kappa shape index (κ2) is 6.57. The predicted molar refractivity (Wildman–Crippen MR) is 76.4 cm³/mol. The van der Waals surface area contributed by atoms with Gasteiger partial charge in [0.25, 0.3) is 0 Å². The number of hydrogen-bond acceptors (Lipinski definition) is 1. The second-order valence-electron chi connectivity index (χ2n) is 4.96. The van der Waals surface area contributed by atoms with Gasteiger partial charge in [-0.25, -0.2) is 0 Å². The summed E-state index contributed by atoms with van der Waals surface area (Å²) in [4.78, 5) is 0. The zero-order valence-corrected chi connectivity index (χ0v) is 12.4. The number of rotatable bonds is 4. The molecule has 1 saturated heterocycles. The van der Waals surface area contributed by atoms with Gasteiger partial charge in [0.1, 0.15) is 0 Å². The smallest absolute Gasteiger partial charge is 0.177 e. The lowest BCUT2D eigenvalue weighted by Gasteiger charge is -2.25. The summed E-state index contributed by atoms with van der Waals surface area (Å²) in [5.41, 5.74) is 2.70. The predicted octanol–water partition coefficient (Wildman–Crippen LogP) is 4.06. The van der Waals surface area contributed by atoms with Gasteiger partial charge >= 0.3 is 0 Å². The molecule has 0 aliphatic carbocycles. The zero-order valence-electron chi connectivity index (χ0n) is 10.5. The van der Waals surface area contributed by atoms with Crippen LogP contribution in [-0.2, 0) is 10.3 Å². The van der Waals surface area contributed by atoms with Gasteiger partial charge in [0.15, 0.2) is 9.04 Å². The molecule has 2 atom stereocenters. The van der Waals surface area contributed by atoms with Crippen molar-refractivity contribution < 1.29 is 4.43 Å². The molecule has 3 heteroatoms. The van der Waals surface area contributed by atoms with Gasteiger partial charge in [-0.15, -0.1) is 11.6 Å². The number of hydrogen-bond donors (Lipinski definition) is 0. The molecule has 1 fully saturated rings. The van der Waals surface area contributed by atoms with Crippen LogP contribution < -0.4 is 0 Å². The Labute approximate surface area is 111 Å². The van der Waals surface area contributed by atoms with Gasteiger partial charge in [-0.05, 0) is 35.6 Å². The Morgan fingerprint density at radius 3 is 2.88 bits per heavy atom. The lowest BCUT2D eigenvalue weighted by Crippen LogP contribution is -2.24. The van der Waals surface area contributed by atoms with E-state index in [0.717, 1.165) is 6.61 Å². The van der Waals surface area contributed by atoms with E-state index >= 15 is 0 Å². The van der Waals surface area contributed by atoms with E-state index in [4.69, 9.17) is 16.0 Å². The van der Waals surface area contributed by atoms with Crippen molar-refractivity contribution in [2.24, 2.45) is 0 Å². The minimum absolute atomic E-state index is 0.597. The first-order valence-electron chi connectivity index (χ1n) is 6.56. The highest BCUT2D eigenvalue weighted by Crippen LogP contribution is 2.28. The number of benzene rings is 1. The molecular weight excluding hydrogens is 248 g/mol. The highest BCUT2D eigenvalue weighted by atomic mass is 35.5. The standard InChI is InChI=1S/C14H21ClOSi/c1-12(11-17-9-5-4-8-16-17)14-7-3-2-6-13(14)10-15/h2-3,6-7,12,17H,4-5,8-11H2,1H3. The fourth-order valence-electron chi connectivity index (χ4n) is 2.65. The minimum Gasteiger partial charge on any atom is -0.420 e. The molecule has 1 aromatic rings. The van der Waals surface area contributed by atoms with Gasteiger partial charge in [0.05, 0.1) is 0 Å². The largest absolute Gasteiger partial charge is 0.420 e. The maximum atomic E-state index is 6.00. The first-order valence-corrected chi connectivity index (χ1v) is 9.20. The highest BCUT2D eigenvalue weighted by molar-refractivity contribution is 6.52. The summed E-state index contributed by atoms with van der Waals surface area (Å²) in [7, 11) is -0.929. The first-order chi connectivity index (χ1) is 8.31. The Balaban J connectivity index is 2.00. The molecule has 0 aromatic heterocycles. The Kier molecular flexibility index (Phi) is 5.08. The van der Waals surface area contributed by atoms with E-state index in [2.05, 4.69) is 31.2 Å². The van der Waals surface area contributed by atoms with E-state index in [-0.39, 0.29) is 0 Å². The van der Waals surface area contributed by atoms with E-state index in [1.165, 1.54) is 36.1 Å². The average molecular weight is 269 g/mol. The summed E-state index contributed by atoms with van der Waals surface area (Å²) in [6.07, 6.45) is 2.64. The van der Waals surface area contributed by atoms with Gasteiger partial charge in [0.2, 0.25) is 0 Å². The molecular formula is C14H21ClOSi. The summed E-state index contributed by atoms with van der Waals surface area (Å²) in [6, 6.07) is 11.2. The topological polar surface area (TPSA) is 9.23 Å². The summed E-state index contributed by atoms with van der Waals surface area (Å²) in [5, 5.41) is 0. The zero-order chi connectivity index (χ0) is 12.1. The van der Waals surface area contributed by atoms with Crippen LogP contribution in [0.3, 0.4) is 0 Å². The molecule has 0 spiro atoms. The third-order valence-corrected chi connectivity index (χ3v) is 6.90. The van der Waals surface area contributed by atoms with Crippen LogP contribution in [0.4, 0.5) is 0 Å². The van der Waals surface area contributed by atoms with E-state index in [0.29, 0.717) is 11.8 Å². The Hall–Kier alpha value is -0.313. The van der Waals surface area contributed by atoms with Crippen LogP contribution in [-0.4, -0.2) is 15.6 Å². The normalized spacial score (nSPS) is 22.4. The summed E-state index contributed by atoms with van der Waals surface area (Å²) < 4.78 is 5.95. The van der Waals surface area contributed by atoms with Gasteiger partial charge in [0, 0.05) is 12.5 Å². The molecule has 0 radical (unpaired) electrons. The van der Waals surface area contributed by atoms with Crippen molar-refractivity contribution in [3.8, 4) is 0 Å². The Bertz CT molecular complexity index is 350. The summed E-state index contributed by atoms with van der Waals surface area (Å²) in [6.45, 7) is 3.32. The molecule has 0 saturated carbocycles. The van der Waals surface area contributed by atoms with Crippen molar-refractivity contribution in [3.05, 3.63) is 35.4 Å². The number of alkyl halides is 1. The monoisotopic (exact) mass is 268 g/mol. The van der Waals surface area contributed by atoms with Crippen molar-refractivity contribution in [1.29, 1.82) is 0 Å². The van der Waals surface area contributed by atoms with E-state index in [1.54, 1.807) is 0 Å². The van der Waals surface area contributed by atoms with Crippen LogP contribution in [0.5, 0.6) is 0 Å². The van der Waals surface area contributed by atoms with Crippen molar-refractivity contribution in [2.75, 3.05) is 6.61 Å². The fourth-order valence-corrected chi connectivity index (χ4v) is 5.72. The van der Waals surface area contributed by atoms with E-state index in [9.17, 15) is 0 Å². The lowest BCUT2D eigenvalue weighted by atomic mass is 9.98. The Morgan fingerprint density at radius 2 is 2.18 bits per heavy atom. The molecule has 2 rings (SSSR count). The van der Waals surface area contributed by atoms with Crippen molar-refractivity contribution in [3.63, 3.8) is 0 Å². The van der Waals surface area contributed by atoms with Gasteiger partial charge < -0.3 is 4.43 Å². The average Bonchev–Trinajstić information content (AvgIpc) is 2.40. The molecule has 17 heavy (non-hydrogen) atoms. The Morgan fingerprint density at radius 1 is 1.35 bits per heavy atom. The third kappa shape index (κ3) is 3.57. The molecule has 94 valence electrons. The van der Waals surface area contributed by atoms with E-state index in [1.807, 2.05) is 0 Å². The van der Waals surface area contributed by atoms with Crippen LogP contribution in [0.15, 0.2) is 24.3 Å². The fraction of sp³-hybridized carbons (Fsp3) is 0.571. The van der Waals surface area contributed by atoms with Crippen LogP contribution in [0.25, 0.3) is 0 Å². The molecule has 1 aliphatic rings. The van der Waals surface area contributed by atoms with Gasteiger partial charge in [-0.2, -0.15) is 0 Å². The molecule has 0 amide bonds. The minimum atomic E-state index is -0.929. The van der Waals surface area contributed by atoms with Crippen LogP contribution in [0.2, 0.25) is 12.1 Å².